The molecule has 51 heavy (non-hydrogen) atoms. The lowest BCUT2D eigenvalue weighted by Crippen LogP contribution is -2.56. The minimum absolute atomic E-state index is 0.00129. The molecule has 4 heterocycles. The predicted molar refractivity (Wildman–Crippen MR) is 194 cm³/mol. The van der Waals surface area contributed by atoms with Crippen LogP contribution in [0, 0.1) is 17.2 Å². The summed E-state index contributed by atoms with van der Waals surface area (Å²) in [7, 11) is -2.71. The Morgan fingerprint density at radius 3 is 2.73 bits per heavy atom. The van der Waals surface area contributed by atoms with Gasteiger partial charge in [0.15, 0.2) is 19.5 Å². The van der Waals surface area contributed by atoms with Crippen LogP contribution in [0.25, 0.3) is 11.2 Å². The smallest absolute Gasteiger partial charge is 0.388 e. The van der Waals surface area contributed by atoms with E-state index in [2.05, 4.69) is 37.2 Å². The lowest BCUT2D eigenvalue weighted by atomic mass is 10.1. The van der Waals surface area contributed by atoms with Gasteiger partial charge in [-0.3, -0.25) is 13.9 Å². The Bertz CT molecular complexity index is 1860. The van der Waals surface area contributed by atoms with Crippen LogP contribution in [0.3, 0.4) is 0 Å². The molecule has 7 atom stereocenters. The summed E-state index contributed by atoms with van der Waals surface area (Å²) in [4.78, 5) is 42.6. The number of nitriles is 1. The van der Waals surface area contributed by atoms with E-state index in [4.69, 9.17) is 49.1 Å². The van der Waals surface area contributed by atoms with Crippen LogP contribution < -0.4 is 10.3 Å². The molecule has 1 aliphatic carbocycles. The highest BCUT2D eigenvalue weighted by Gasteiger charge is 2.60. The largest absolute Gasteiger partial charge is 0.474 e. The second-order valence-corrected chi connectivity index (χ2v) is 24.3. The second kappa shape index (κ2) is 16.1. The molecular weight excluding hydrogens is 761 g/mol. The van der Waals surface area contributed by atoms with E-state index in [1.165, 1.54) is 23.5 Å². The molecule has 2 aliphatic rings. The van der Waals surface area contributed by atoms with Crippen molar-refractivity contribution in [1.82, 2.24) is 29.5 Å². The van der Waals surface area contributed by atoms with Crippen LogP contribution >= 0.6 is 25.8 Å². The van der Waals surface area contributed by atoms with Crippen molar-refractivity contribution in [3.05, 3.63) is 41.6 Å². The number of aromatic nitrogens is 6. The van der Waals surface area contributed by atoms with E-state index in [0.717, 1.165) is 12.8 Å². The molecule has 0 bridgehead atoms. The third-order valence-electron chi connectivity index (χ3n) is 9.21. The molecule has 3 aromatic heterocycles. The van der Waals surface area contributed by atoms with Gasteiger partial charge >= 0.3 is 13.5 Å². The van der Waals surface area contributed by atoms with Crippen LogP contribution in [0.1, 0.15) is 46.5 Å². The standard InChI is InChI=1S/C29H43N7O10P2S2Si/c1-28(2,3)51(4,5)45-25-22(15-43-47(38,49)41-12-6-10-30)40-16-29(25,36-19-35-24-26(36)33-18-34-27(24)37)46-48(39,50)42-14-20-7-8-21(13-20)44-23-9-11-31-17-32-23/h9,11,17-22,25H,6-8,12-16H2,1-5H3,(H,38,49)(H,39,50)(H,33,34,37)/t20-,21+,22-,25?,29-,47?,48?/m1/s1. The highest BCUT2D eigenvalue weighted by atomic mass is 32.7. The van der Waals surface area contributed by atoms with Crippen LogP contribution in [-0.2, 0) is 49.4 Å². The molecular formula is C29H43N7O10P2S2Si. The summed E-state index contributed by atoms with van der Waals surface area (Å²) in [6.45, 7) is 1.43. The number of fused-ring (bicyclic) bond motifs is 1. The Morgan fingerprint density at radius 2 is 2.02 bits per heavy atom. The van der Waals surface area contributed by atoms with Gasteiger partial charge in [-0.25, -0.2) is 24.5 Å². The number of aromatic amines is 1. The summed E-state index contributed by atoms with van der Waals surface area (Å²) in [5, 5.41) is 8.55. The Labute approximate surface area is 306 Å². The average Bonchev–Trinajstić information content (AvgIpc) is 3.78. The third-order valence-corrected chi connectivity index (χ3v) is 16.9. The summed E-state index contributed by atoms with van der Waals surface area (Å²) < 4.78 is 58.3. The van der Waals surface area contributed by atoms with E-state index < -0.39 is 45.3 Å². The molecule has 1 saturated carbocycles. The number of H-pyrrole nitrogens is 1. The molecule has 0 radical (unpaired) electrons. The van der Waals surface area contributed by atoms with Crippen LogP contribution in [-0.4, -0.2) is 87.4 Å². The minimum Gasteiger partial charge on any atom is -0.474 e. The van der Waals surface area contributed by atoms with Crippen LogP contribution in [0.2, 0.25) is 18.1 Å². The fourth-order valence-electron chi connectivity index (χ4n) is 5.58. The first-order valence-electron chi connectivity index (χ1n) is 16.3. The molecule has 22 heteroatoms. The zero-order valence-corrected chi connectivity index (χ0v) is 33.4. The molecule has 0 aromatic carbocycles. The number of nitrogens with one attached hydrogen (secondary N) is 1. The lowest BCUT2D eigenvalue weighted by Gasteiger charge is -2.44. The van der Waals surface area contributed by atoms with Crippen molar-refractivity contribution in [2.45, 2.75) is 88.6 Å². The third kappa shape index (κ3) is 9.71. The fourth-order valence-corrected chi connectivity index (χ4v) is 9.76. The van der Waals surface area contributed by atoms with Gasteiger partial charge in [0.2, 0.25) is 11.6 Å². The Hall–Kier alpha value is -2.11. The summed E-state index contributed by atoms with van der Waals surface area (Å²) >= 11 is 9.60. The predicted octanol–water partition coefficient (Wildman–Crippen LogP) is 4.83. The van der Waals surface area contributed by atoms with Gasteiger partial charge in [0.05, 0.1) is 51.6 Å². The number of imidazole rings is 1. The monoisotopic (exact) mass is 803 g/mol. The molecule has 3 aromatic rings. The van der Waals surface area contributed by atoms with E-state index in [9.17, 15) is 14.3 Å². The fraction of sp³-hybridized carbons (Fsp3) is 0.655. The molecule has 3 unspecified atom stereocenters. The maximum absolute atomic E-state index is 14.3. The zero-order valence-electron chi connectivity index (χ0n) is 28.9. The first-order chi connectivity index (χ1) is 24.0. The first kappa shape index (κ1) is 40.1. The average molecular weight is 804 g/mol. The maximum Gasteiger partial charge on any atom is 0.388 e. The van der Waals surface area contributed by atoms with Crippen LogP contribution in [0.5, 0.6) is 5.88 Å². The van der Waals surface area contributed by atoms with E-state index in [1.807, 2.05) is 39.9 Å². The van der Waals surface area contributed by atoms with E-state index >= 15 is 0 Å². The van der Waals surface area contributed by atoms with Crippen molar-refractivity contribution >= 4 is 57.1 Å². The maximum atomic E-state index is 14.3. The summed E-state index contributed by atoms with van der Waals surface area (Å²) in [6.07, 6.45) is 5.51. The van der Waals surface area contributed by atoms with E-state index in [-0.39, 0.29) is 61.1 Å². The van der Waals surface area contributed by atoms with E-state index in [0.29, 0.717) is 12.3 Å². The van der Waals surface area contributed by atoms with Gasteiger partial charge in [0.1, 0.15) is 24.6 Å². The normalized spacial score (nSPS) is 26.5. The SMILES string of the molecule is CC(C)(C)[Si](C)(C)OC1[C@@H](COP(O)(=S)OCCC#N)OC[C@]1(OP(=O)(S)OC[C@@H]1CC[C@H](Oc2ccncn2)C1)n1cnc2c(=O)[nH]cnc21. The van der Waals surface area contributed by atoms with Crippen molar-refractivity contribution in [3.63, 3.8) is 0 Å². The minimum atomic E-state index is -4.25. The molecule has 17 nitrogen and oxygen atoms in total. The van der Waals surface area contributed by atoms with Crippen molar-refractivity contribution < 1.29 is 41.5 Å². The number of rotatable bonds is 16. The topological polar surface area (TPSA) is 215 Å². The second-order valence-electron chi connectivity index (χ2n) is 13.8. The van der Waals surface area contributed by atoms with Gasteiger partial charge in [0.25, 0.3) is 5.56 Å². The van der Waals surface area contributed by atoms with Crippen molar-refractivity contribution in [2.24, 2.45) is 5.92 Å². The first-order valence-corrected chi connectivity index (χ1v) is 24.4. The van der Waals surface area contributed by atoms with Gasteiger partial charge in [-0.15, -0.1) is 0 Å². The summed E-state index contributed by atoms with van der Waals surface area (Å²) in [5.74, 6) is 0.459. The Morgan fingerprint density at radius 1 is 1.24 bits per heavy atom. The van der Waals surface area contributed by atoms with Crippen LogP contribution in [0.4, 0.5) is 0 Å². The quantitative estimate of drug-likeness (QED) is 0.0765. The van der Waals surface area contributed by atoms with Gasteiger partial charge in [-0.2, -0.15) is 5.26 Å². The van der Waals surface area contributed by atoms with Gasteiger partial charge in [-0.05, 0) is 55.1 Å². The lowest BCUT2D eigenvalue weighted by molar-refractivity contribution is -0.0870. The van der Waals surface area contributed by atoms with Crippen molar-refractivity contribution in [3.8, 4) is 11.9 Å². The zero-order chi connectivity index (χ0) is 37.1. The van der Waals surface area contributed by atoms with E-state index in [1.54, 1.807) is 12.3 Å². The van der Waals surface area contributed by atoms with Gasteiger partial charge in [0, 0.05) is 12.3 Å². The van der Waals surface area contributed by atoms with Gasteiger partial charge < -0.3 is 37.3 Å². The summed E-state index contributed by atoms with van der Waals surface area (Å²) in [6, 6.07) is 3.60. The van der Waals surface area contributed by atoms with Gasteiger partial charge in [-0.1, -0.05) is 33.0 Å². The van der Waals surface area contributed by atoms with Crippen molar-refractivity contribution in [1.29, 1.82) is 5.26 Å². The number of hydrogen-bond donors (Lipinski definition) is 3. The molecule has 0 amide bonds. The number of hydrogen-bond acceptors (Lipinski definition) is 15. The highest BCUT2D eigenvalue weighted by Crippen LogP contribution is 2.60. The molecule has 5 rings (SSSR count). The van der Waals surface area contributed by atoms with Crippen LogP contribution in [0.15, 0.2) is 36.0 Å². The Balaban J connectivity index is 1.45. The molecule has 2 fully saturated rings. The highest BCUT2D eigenvalue weighted by molar-refractivity contribution is 8.44. The summed E-state index contributed by atoms with van der Waals surface area (Å²) in [5.41, 5.74) is -2.22. The Kier molecular flexibility index (Phi) is 12.6. The molecule has 2 N–H and O–H groups in total. The number of nitrogens with zero attached hydrogens (tertiary/aromatic N) is 6. The molecule has 1 aliphatic heterocycles. The molecule has 1 saturated heterocycles. The number of ether oxygens (including phenoxy) is 2. The molecule has 0 spiro atoms. The molecule has 280 valence electrons. The van der Waals surface area contributed by atoms with Crippen molar-refractivity contribution in [2.75, 3.05) is 26.4 Å². The number of thiol groups is 1.